The Morgan fingerprint density at radius 2 is 1.57 bits per heavy atom. The Hall–Kier alpha value is -2.63. The average Bonchev–Trinajstić information content (AvgIpc) is 2.82. The minimum atomic E-state index is -1.40. The van der Waals surface area contributed by atoms with Gasteiger partial charge in [-0.3, -0.25) is 14.4 Å². The predicted molar refractivity (Wildman–Crippen MR) is 136 cm³/mol. The maximum atomic E-state index is 13.0. The number of carbonyl (C=O) groups is 4. The van der Waals surface area contributed by atoms with Gasteiger partial charge < -0.3 is 31.9 Å². The summed E-state index contributed by atoms with van der Waals surface area (Å²) in [6, 6.07) is 4.78. The van der Waals surface area contributed by atoms with E-state index < -0.39 is 54.0 Å². The lowest BCUT2D eigenvalue weighted by molar-refractivity contribution is -0.144. The van der Waals surface area contributed by atoms with Gasteiger partial charge in [-0.2, -0.15) is 11.8 Å². The van der Waals surface area contributed by atoms with Crippen molar-refractivity contribution in [1.82, 2.24) is 16.0 Å². The number of carboxylic acid groups (broad SMARTS) is 1. The second-order valence-electron chi connectivity index (χ2n) is 8.58. The summed E-state index contributed by atoms with van der Waals surface area (Å²) >= 11 is 1.48. The van der Waals surface area contributed by atoms with E-state index in [0.717, 1.165) is 5.56 Å². The number of benzene rings is 1. The van der Waals surface area contributed by atoms with Gasteiger partial charge in [0.1, 0.15) is 18.1 Å². The summed E-state index contributed by atoms with van der Waals surface area (Å²) in [6.07, 6.45) is 1.62. The van der Waals surface area contributed by atoms with Crippen molar-refractivity contribution in [3.63, 3.8) is 0 Å². The minimum absolute atomic E-state index is 0.273. The van der Waals surface area contributed by atoms with E-state index in [1.807, 2.05) is 36.6 Å². The number of carboxylic acids is 1. The maximum absolute atomic E-state index is 13.0. The van der Waals surface area contributed by atoms with Gasteiger partial charge in [0, 0.05) is 0 Å². The van der Waals surface area contributed by atoms with Gasteiger partial charge in [0.15, 0.2) is 0 Å². The number of aliphatic hydroxyl groups is 1. The summed E-state index contributed by atoms with van der Waals surface area (Å²) in [7, 11) is 0. The van der Waals surface area contributed by atoms with Crippen LogP contribution in [0.5, 0.6) is 0 Å². The fourth-order valence-corrected chi connectivity index (χ4v) is 3.80. The number of nitrogens with two attached hydrogens (primary N) is 1. The number of thioether (sulfide) groups is 1. The largest absolute Gasteiger partial charge is 0.480 e. The molecule has 1 aromatic rings. The summed E-state index contributed by atoms with van der Waals surface area (Å²) in [5.41, 5.74) is 6.92. The highest BCUT2D eigenvalue weighted by molar-refractivity contribution is 7.98. The van der Waals surface area contributed by atoms with Crippen molar-refractivity contribution < 1.29 is 29.4 Å². The van der Waals surface area contributed by atoms with Crippen LogP contribution < -0.4 is 21.7 Å². The van der Waals surface area contributed by atoms with Gasteiger partial charge in [-0.25, -0.2) is 4.79 Å². The monoisotopic (exact) mass is 510 g/mol. The van der Waals surface area contributed by atoms with Crippen molar-refractivity contribution in [2.24, 2.45) is 11.7 Å². The third-order valence-corrected chi connectivity index (χ3v) is 6.36. The topological polar surface area (TPSA) is 171 Å². The molecule has 0 aliphatic carbocycles. The molecular weight excluding hydrogens is 472 g/mol. The van der Waals surface area contributed by atoms with Crippen LogP contribution in [0.4, 0.5) is 0 Å². The van der Waals surface area contributed by atoms with Crippen molar-refractivity contribution in [2.75, 3.05) is 12.0 Å². The molecule has 0 aromatic heterocycles. The number of hydrogen-bond donors (Lipinski definition) is 6. The van der Waals surface area contributed by atoms with Gasteiger partial charge in [0.05, 0.1) is 12.1 Å². The lowest BCUT2D eigenvalue weighted by Crippen LogP contribution is -2.60. The minimum Gasteiger partial charge on any atom is -0.480 e. The molecule has 0 spiro atoms. The lowest BCUT2D eigenvalue weighted by atomic mass is 9.98. The second-order valence-corrected chi connectivity index (χ2v) is 9.56. The van der Waals surface area contributed by atoms with E-state index >= 15 is 0 Å². The molecule has 196 valence electrons. The van der Waals surface area contributed by atoms with Gasteiger partial charge in [0.25, 0.3) is 0 Å². The zero-order valence-corrected chi connectivity index (χ0v) is 21.5. The standard InChI is InChI=1S/C24H38N4O6S/c1-5-14(2)19(24(33)34)27-23(32)20(15(3)29)28-22(31)18(11-12-35-4)26-21(30)17(25)13-16-9-7-6-8-10-16/h6-10,14-15,17-20,29H,5,11-13,25H2,1-4H3,(H,26,30)(H,27,32)(H,28,31)(H,33,34). The predicted octanol–water partition coefficient (Wildman–Crippen LogP) is 0.275. The Bertz CT molecular complexity index is 839. The first-order chi connectivity index (χ1) is 16.5. The molecule has 0 bridgehead atoms. The maximum Gasteiger partial charge on any atom is 0.326 e. The first-order valence-electron chi connectivity index (χ1n) is 11.6. The highest BCUT2D eigenvalue weighted by atomic mass is 32.2. The summed E-state index contributed by atoms with van der Waals surface area (Å²) in [6.45, 7) is 4.79. The van der Waals surface area contributed by atoms with Crippen LogP contribution in [0, 0.1) is 5.92 Å². The van der Waals surface area contributed by atoms with Gasteiger partial charge >= 0.3 is 5.97 Å². The smallest absolute Gasteiger partial charge is 0.326 e. The number of aliphatic carboxylic acids is 1. The molecule has 0 heterocycles. The molecule has 0 radical (unpaired) electrons. The van der Waals surface area contributed by atoms with Gasteiger partial charge in [0.2, 0.25) is 17.7 Å². The zero-order chi connectivity index (χ0) is 26.5. The number of aliphatic hydroxyl groups excluding tert-OH is 1. The summed E-state index contributed by atoms with van der Waals surface area (Å²) in [5.74, 6) is -3.03. The van der Waals surface area contributed by atoms with Crippen molar-refractivity contribution in [2.45, 2.75) is 70.3 Å². The molecule has 6 atom stereocenters. The molecule has 11 heteroatoms. The van der Waals surface area contributed by atoms with Crippen molar-refractivity contribution in [3.05, 3.63) is 35.9 Å². The van der Waals surface area contributed by atoms with Crippen LogP contribution >= 0.6 is 11.8 Å². The summed E-state index contributed by atoms with van der Waals surface area (Å²) < 4.78 is 0. The van der Waals surface area contributed by atoms with E-state index in [0.29, 0.717) is 12.2 Å². The Kier molecular flexibility index (Phi) is 13.4. The van der Waals surface area contributed by atoms with Crippen LogP contribution in [0.2, 0.25) is 0 Å². The number of amides is 3. The molecule has 35 heavy (non-hydrogen) atoms. The van der Waals surface area contributed by atoms with E-state index in [4.69, 9.17) is 5.73 Å². The van der Waals surface area contributed by atoms with Gasteiger partial charge in [-0.1, -0.05) is 50.6 Å². The molecule has 0 aliphatic heterocycles. The summed E-state index contributed by atoms with van der Waals surface area (Å²) in [4.78, 5) is 50.0. The van der Waals surface area contributed by atoms with E-state index in [-0.39, 0.29) is 18.8 Å². The molecule has 0 saturated heterocycles. The molecule has 6 unspecified atom stereocenters. The molecular formula is C24H38N4O6S. The van der Waals surface area contributed by atoms with Crippen LogP contribution in [-0.4, -0.2) is 76.2 Å². The molecule has 0 aliphatic rings. The molecule has 0 fully saturated rings. The fourth-order valence-electron chi connectivity index (χ4n) is 3.33. The van der Waals surface area contributed by atoms with E-state index in [1.165, 1.54) is 18.7 Å². The van der Waals surface area contributed by atoms with Gasteiger partial charge in [-0.15, -0.1) is 0 Å². The number of hydrogen-bond acceptors (Lipinski definition) is 7. The molecule has 7 N–H and O–H groups in total. The van der Waals surface area contributed by atoms with E-state index in [1.54, 1.807) is 13.8 Å². The fraction of sp³-hybridized carbons (Fsp3) is 0.583. The van der Waals surface area contributed by atoms with Crippen LogP contribution in [0.1, 0.15) is 39.2 Å². The molecule has 0 saturated carbocycles. The molecule has 3 amide bonds. The molecule has 1 rings (SSSR count). The van der Waals surface area contributed by atoms with E-state index in [9.17, 15) is 29.4 Å². The summed E-state index contributed by atoms with van der Waals surface area (Å²) in [5, 5.41) is 27.1. The first kappa shape index (κ1) is 30.4. The van der Waals surface area contributed by atoms with E-state index in [2.05, 4.69) is 16.0 Å². The normalized spacial score (nSPS) is 16.2. The SMILES string of the molecule is CCC(C)C(NC(=O)C(NC(=O)C(CCSC)NC(=O)C(N)Cc1ccccc1)C(C)O)C(=O)O. The van der Waals surface area contributed by atoms with Crippen LogP contribution in [0.3, 0.4) is 0 Å². The second kappa shape index (κ2) is 15.4. The number of nitrogens with one attached hydrogen (secondary N) is 3. The molecule has 1 aromatic carbocycles. The number of rotatable bonds is 15. The van der Waals surface area contributed by atoms with Crippen LogP contribution in [0.25, 0.3) is 0 Å². The first-order valence-corrected chi connectivity index (χ1v) is 13.0. The molecule has 10 nitrogen and oxygen atoms in total. The highest BCUT2D eigenvalue weighted by Crippen LogP contribution is 2.10. The highest BCUT2D eigenvalue weighted by Gasteiger charge is 2.33. The number of carbonyl (C=O) groups excluding carboxylic acids is 3. The van der Waals surface area contributed by atoms with Crippen molar-refractivity contribution in [1.29, 1.82) is 0 Å². The van der Waals surface area contributed by atoms with Crippen molar-refractivity contribution >= 4 is 35.5 Å². The quantitative estimate of drug-likeness (QED) is 0.195. The van der Waals surface area contributed by atoms with Crippen LogP contribution in [-0.2, 0) is 25.6 Å². The van der Waals surface area contributed by atoms with Crippen LogP contribution in [0.15, 0.2) is 30.3 Å². The lowest BCUT2D eigenvalue weighted by Gasteiger charge is -2.27. The van der Waals surface area contributed by atoms with Gasteiger partial charge in [-0.05, 0) is 43.3 Å². The third kappa shape index (κ3) is 10.3. The Labute approximate surface area is 210 Å². The van der Waals surface area contributed by atoms with Crippen molar-refractivity contribution in [3.8, 4) is 0 Å². The Balaban J connectivity index is 2.92. The Morgan fingerprint density at radius 3 is 2.09 bits per heavy atom. The average molecular weight is 511 g/mol. The third-order valence-electron chi connectivity index (χ3n) is 5.72. The zero-order valence-electron chi connectivity index (χ0n) is 20.7. The Morgan fingerprint density at radius 1 is 0.971 bits per heavy atom.